The molecular formula is C19H21N5O2S. The molecule has 1 N–H and O–H groups in total. The second-order valence-corrected chi connectivity index (χ2v) is 7.93. The number of carbonyl (C=O) groups is 1. The number of hydrogen-bond donors (Lipinski definition) is 1. The SMILES string of the molecule is Cc1c(C(=O)NCc2ccc(N(C)C)nc2)sc2nc3n(c(=O)c12)CCC3. The number of anilines is 1. The van der Waals surface area contributed by atoms with Gasteiger partial charge in [0.25, 0.3) is 11.5 Å². The van der Waals surface area contributed by atoms with E-state index in [1.807, 2.05) is 38.1 Å². The highest BCUT2D eigenvalue weighted by molar-refractivity contribution is 7.20. The number of rotatable bonds is 4. The van der Waals surface area contributed by atoms with E-state index < -0.39 is 0 Å². The third kappa shape index (κ3) is 3.10. The lowest BCUT2D eigenvalue weighted by molar-refractivity contribution is 0.0954. The van der Waals surface area contributed by atoms with E-state index in [4.69, 9.17) is 0 Å². The molecule has 8 heteroatoms. The third-order valence-electron chi connectivity index (χ3n) is 4.84. The topological polar surface area (TPSA) is 80.1 Å². The molecule has 0 radical (unpaired) electrons. The van der Waals surface area contributed by atoms with Crippen LogP contribution in [-0.4, -0.2) is 34.5 Å². The molecule has 4 heterocycles. The second-order valence-electron chi connectivity index (χ2n) is 6.93. The third-order valence-corrected chi connectivity index (χ3v) is 6.02. The van der Waals surface area contributed by atoms with E-state index in [2.05, 4.69) is 15.3 Å². The number of aryl methyl sites for hydroxylation is 2. The van der Waals surface area contributed by atoms with Crippen LogP contribution in [0.15, 0.2) is 23.1 Å². The van der Waals surface area contributed by atoms with Crippen molar-refractivity contribution < 1.29 is 4.79 Å². The Bertz CT molecular complexity index is 1080. The van der Waals surface area contributed by atoms with Crippen molar-refractivity contribution in [2.75, 3.05) is 19.0 Å². The highest BCUT2D eigenvalue weighted by Gasteiger charge is 2.23. The molecule has 140 valence electrons. The quantitative estimate of drug-likeness (QED) is 0.746. The van der Waals surface area contributed by atoms with Gasteiger partial charge in [-0.15, -0.1) is 11.3 Å². The minimum absolute atomic E-state index is 0.0243. The number of aromatic nitrogens is 3. The molecule has 0 spiro atoms. The predicted octanol–water partition coefficient (Wildman–Crippen LogP) is 2.10. The highest BCUT2D eigenvalue weighted by Crippen LogP contribution is 2.28. The average molecular weight is 383 g/mol. The van der Waals surface area contributed by atoms with Gasteiger partial charge in [0.15, 0.2) is 0 Å². The van der Waals surface area contributed by atoms with E-state index in [0.29, 0.717) is 33.7 Å². The van der Waals surface area contributed by atoms with E-state index >= 15 is 0 Å². The number of fused-ring (bicyclic) bond motifs is 2. The summed E-state index contributed by atoms with van der Waals surface area (Å²) in [5, 5.41) is 3.50. The van der Waals surface area contributed by atoms with Crippen LogP contribution in [0.1, 0.15) is 33.0 Å². The van der Waals surface area contributed by atoms with Crippen LogP contribution in [0.25, 0.3) is 10.2 Å². The number of hydrogen-bond acceptors (Lipinski definition) is 6. The maximum atomic E-state index is 12.7. The van der Waals surface area contributed by atoms with Crippen LogP contribution < -0.4 is 15.8 Å². The van der Waals surface area contributed by atoms with Gasteiger partial charge >= 0.3 is 0 Å². The lowest BCUT2D eigenvalue weighted by atomic mass is 10.2. The molecule has 0 bridgehead atoms. The predicted molar refractivity (Wildman–Crippen MR) is 107 cm³/mol. The lowest BCUT2D eigenvalue weighted by Gasteiger charge is -2.11. The summed E-state index contributed by atoms with van der Waals surface area (Å²) < 4.78 is 1.74. The molecule has 0 fully saturated rings. The van der Waals surface area contributed by atoms with Crippen molar-refractivity contribution in [2.24, 2.45) is 0 Å². The Kier molecular flexibility index (Phi) is 4.43. The number of thiophene rings is 1. The van der Waals surface area contributed by atoms with Crippen molar-refractivity contribution in [3.63, 3.8) is 0 Å². The summed E-state index contributed by atoms with van der Waals surface area (Å²) in [6.45, 7) is 2.92. The fraction of sp³-hybridized carbons (Fsp3) is 0.368. The van der Waals surface area contributed by atoms with Crippen molar-refractivity contribution in [3.8, 4) is 0 Å². The fourth-order valence-electron chi connectivity index (χ4n) is 3.34. The molecule has 3 aromatic heterocycles. The van der Waals surface area contributed by atoms with Crippen molar-refractivity contribution in [2.45, 2.75) is 32.9 Å². The zero-order chi connectivity index (χ0) is 19.1. The maximum Gasteiger partial charge on any atom is 0.262 e. The second kappa shape index (κ2) is 6.77. The van der Waals surface area contributed by atoms with Crippen molar-refractivity contribution in [1.82, 2.24) is 19.9 Å². The summed E-state index contributed by atoms with van der Waals surface area (Å²) in [5.74, 6) is 1.51. The first-order chi connectivity index (χ1) is 13.0. The van der Waals surface area contributed by atoms with Crippen LogP contribution >= 0.6 is 11.3 Å². The zero-order valence-corrected chi connectivity index (χ0v) is 16.4. The molecule has 1 aliphatic rings. The summed E-state index contributed by atoms with van der Waals surface area (Å²) in [7, 11) is 3.86. The molecule has 0 saturated heterocycles. The molecule has 7 nitrogen and oxygen atoms in total. The number of amides is 1. The Morgan fingerprint density at radius 2 is 2.19 bits per heavy atom. The normalized spacial score (nSPS) is 13.0. The summed E-state index contributed by atoms with van der Waals surface area (Å²) in [4.78, 5) is 37.5. The Morgan fingerprint density at radius 3 is 2.89 bits per heavy atom. The van der Waals surface area contributed by atoms with Crippen molar-refractivity contribution in [3.05, 3.63) is 50.5 Å². The minimum Gasteiger partial charge on any atom is -0.363 e. The number of nitrogens with zero attached hydrogens (tertiary/aromatic N) is 4. The standard InChI is InChI=1S/C19H21N5O2S/c1-11-15-18(22-14-5-4-8-24(14)19(15)26)27-16(11)17(25)21-10-12-6-7-13(20-9-12)23(2)3/h6-7,9H,4-5,8,10H2,1-3H3,(H,21,25). The molecule has 4 rings (SSSR count). The Morgan fingerprint density at radius 1 is 1.37 bits per heavy atom. The molecule has 0 aliphatic carbocycles. The van der Waals surface area contributed by atoms with Gasteiger partial charge in [0.1, 0.15) is 16.5 Å². The summed E-state index contributed by atoms with van der Waals surface area (Å²) in [5.41, 5.74) is 1.61. The number of pyridine rings is 1. The molecule has 1 amide bonds. The van der Waals surface area contributed by atoms with Gasteiger partial charge < -0.3 is 10.2 Å². The Balaban J connectivity index is 1.57. The summed E-state index contributed by atoms with van der Waals surface area (Å²) in [6.07, 6.45) is 3.53. The van der Waals surface area contributed by atoms with Crippen LogP contribution in [0.4, 0.5) is 5.82 Å². The molecule has 0 unspecified atom stereocenters. The van der Waals surface area contributed by atoms with E-state index in [1.54, 1.807) is 10.8 Å². The van der Waals surface area contributed by atoms with Gasteiger partial charge in [0.2, 0.25) is 0 Å². The van der Waals surface area contributed by atoms with Gasteiger partial charge in [-0.25, -0.2) is 9.97 Å². The number of carbonyl (C=O) groups excluding carboxylic acids is 1. The van der Waals surface area contributed by atoms with Crippen LogP contribution in [-0.2, 0) is 19.5 Å². The molecular weight excluding hydrogens is 362 g/mol. The smallest absolute Gasteiger partial charge is 0.262 e. The van der Waals surface area contributed by atoms with Gasteiger partial charge in [-0.3, -0.25) is 14.2 Å². The van der Waals surface area contributed by atoms with Gasteiger partial charge in [0, 0.05) is 39.8 Å². The molecule has 0 aromatic carbocycles. The van der Waals surface area contributed by atoms with E-state index in [0.717, 1.165) is 30.0 Å². The molecule has 1 aliphatic heterocycles. The Hall–Kier alpha value is -2.74. The Labute approximate surface area is 160 Å². The van der Waals surface area contributed by atoms with Gasteiger partial charge in [-0.2, -0.15) is 0 Å². The maximum absolute atomic E-state index is 12.7. The van der Waals surface area contributed by atoms with E-state index in [-0.39, 0.29) is 11.5 Å². The summed E-state index contributed by atoms with van der Waals surface area (Å²) in [6, 6.07) is 3.86. The number of nitrogens with one attached hydrogen (secondary N) is 1. The van der Waals surface area contributed by atoms with E-state index in [1.165, 1.54) is 11.3 Å². The van der Waals surface area contributed by atoms with Crippen molar-refractivity contribution >= 4 is 33.3 Å². The van der Waals surface area contributed by atoms with Gasteiger partial charge in [-0.1, -0.05) is 6.07 Å². The molecule has 0 atom stereocenters. The monoisotopic (exact) mass is 383 g/mol. The van der Waals surface area contributed by atoms with Crippen LogP contribution in [0.3, 0.4) is 0 Å². The van der Waals surface area contributed by atoms with Gasteiger partial charge in [0.05, 0.1) is 10.3 Å². The summed E-state index contributed by atoms with van der Waals surface area (Å²) >= 11 is 1.29. The lowest BCUT2D eigenvalue weighted by Crippen LogP contribution is -2.23. The molecule has 0 saturated carbocycles. The van der Waals surface area contributed by atoms with Crippen molar-refractivity contribution in [1.29, 1.82) is 0 Å². The first-order valence-electron chi connectivity index (χ1n) is 8.89. The average Bonchev–Trinajstić information content (AvgIpc) is 3.25. The van der Waals surface area contributed by atoms with E-state index in [9.17, 15) is 9.59 Å². The van der Waals surface area contributed by atoms with Crippen LogP contribution in [0.5, 0.6) is 0 Å². The first kappa shape index (κ1) is 17.7. The van der Waals surface area contributed by atoms with Gasteiger partial charge in [-0.05, 0) is 30.5 Å². The molecule has 3 aromatic rings. The highest BCUT2D eigenvalue weighted by atomic mass is 32.1. The van der Waals surface area contributed by atoms with Crippen LogP contribution in [0.2, 0.25) is 0 Å². The molecule has 27 heavy (non-hydrogen) atoms. The fourth-order valence-corrected chi connectivity index (χ4v) is 4.45. The first-order valence-corrected chi connectivity index (χ1v) is 9.70. The van der Waals surface area contributed by atoms with Crippen LogP contribution in [0, 0.1) is 6.92 Å². The largest absolute Gasteiger partial charge is 0.363 e. The zero-order valence-electron chi connectivity index (χ0n) is 15.6. The minimum atomic E-state index is -0.184.